The minimum Gasteiger partial charge on any atom is -0.390 e. The van der Waals surface area contributed by atoms with Gasteiger partial charge in [0.25, 0.3) is 0 Å². The molecular formula is C14H19F2NO. The van der Waals surface area contributed by atoms with Crippen molar-refractivity contribution in [2.75, 3.05) is 13.1 Å². The molecule has 2 rings (SSSR count). The summed E-state index contributed by atoms with van der Waals surface area (Å²) in [7, 11) is 0. The Kier molecular flexibility index (Phi) is 4.30. The summed E-state index contributed by atoms with van der Waals surface area (Å²) in [4.78, 5) is 0. The van der Waals surface area contributed by atoms with Gasteiger partial charge in [0.2, 0.25) is 0 Å². The number of hydrogen-bond acceptors (Lipinski definition) is 2. The van der Waals surface area contributed by atoms with Gasteiger partial charge in [0.1, 0.15) is 0 Å². The van der Waals surface area contributed by atoms with E-state index in [1.165, 1.54) is 6.07 Å². The summed E-state index contributed by atoms with van der Waals surface area (Å²) in [6, 6.07) is 4.00. The normalized spacial score (nSPS) is 18.8. The monoisotopic (exact) mass is 255 g/mol. The quantitative estimate of drug-likeness (QED) is 0.866. The van der Waals surface area contributed by atoms with E-state index in [4.69, 9.17) is 0 Å². The van der Waals surface area contributed by atoms with Crippen LogP contribution in [0, 0.1) is 11.6 Å². The van der Waals surface area contributed by atoms with E-state index in [0.717, 1.165) is 44.0 Å². The first-order valence-corrected chi connectivity index (χ1v) is 6.46. The Labute approximate surface area is 106 Å². The molecule has 0 atom stereocenters. The smallest absolute Gasteiger partial charge is 0.159 e. The molecule has 4 heteroatoms. The lowest BCUT2D eigenvalue weighted by Crippen LogP contribution is -2.41. The number of benzene rings is 1. The summed E-state index contributed by atoms with van der Waals surface area (Å²) in [5.41, 5.74) is 0.204. The van der Waals surface area contributed by atoms with Crippen LogP contribution in [0.5, 0.6) is 0 Å². The number of aliphatic hydroxyl groups is 1. The van der Waals surface area contributed by atoms with Crippen LogP contribution in [0.25, 0.3) is 0 Å². The van der Waals surface area contributed by atoms with E-state index >= 15 is 0 Å². The summed E-state index contributed by atoms with van der Waals surface area (Å²) in [5, 5.41) is 13.5. The van der Waals surface area contributed by atoms with Crippen LogP contribution in [0.1, 0.15) is 31.2 Å². The number of aryl methyl sites for hydroxylation is 1. The van der Waals surface area contributed by atoms with Crippen LogP contribution in [0.4, 0.5) is 8.78 Å². The van der Waals surface area contributed by atoms with E-state index in [0.29, 0.717) is 12.8 Å². The maximum atomic E-state index is 13.0. The molecule has 1 aromatic carbocycles. The van der Waals surface area contributed by atoms with Gasteiger partial charge in [0.15, 0.2) is 11.6 Å². The molecule has 2 nitrogen and oxygen atoms in total. The molecule has 2 N–H and O–H groups in total. The lowest BCUT2D eigenvalue weighted by atomic mass is 9.87. The van der Waals surface area contributed by atoms with Crippen molar-refractivity contribution >= 4 is 0 Å². The third-order valence-corrected chi connectivity index (χ3v) is 3.63. The maximum Gasteiger partial charge on any atom is 0.159 e. The Balaban J connectivity index is 1.82. The molecule has 0 spiro atoms. The second-order valence-electron chi connectivity index (χ2n) is 5.08. The van der Waals surface area contributed by atoms with Crippen LogP contribution in [-0.4, -0.2) is 23.8 Å². The molecule has 0 radical (unpaired) electrons. The summed E-state index contributed by atoms with van der Waals surface area (Å²) in [5.74, 6) is -1.61. The summed E-state index contributed by atoms with van der Waals surface area (Å²) in [6.45, 7) is 1.70. The number of piperidine rings is 1. The average molecular weight is 255 g/mol. The van der Waals surface area contributed by atoms with Gasteiger partial charge in [-0.25, -0.2) is 8.78 Å². The molecule has 1 heterocycles. The first kappa shape index (κ1) is 13.4. The summed E-state index contributed by atoms with van der Waals surface area (Å²) >= 11 is 0. The van der Waals surface area contributed by atoms with Gasteiger partial charge in [-0.05, 0) is 62.9 Å². The predicted molar refractivity (Wildman–Crippen MR) is 66.3 cm³/mol. The van der Waals surface area contributed by atoms with Crippen molar-refractivity contribution in [1.82, 2.24) is 5.32 Å². The van der Waals surface area contributed by atoms with Crippen molar-refractivity contribution in [3.63, 3.8) is 0 Å². The largest absolute Gasteiger partial charge is 0.390 e. The molecule has 1 fully saturated rings. The van der Waals surface area contributed by atoms with E-state index in [9.17, 15) is 13.9 Å². The van der Waals surface area contributed by atoms with Crippen LogP contribution in [0.2, 0.25) is 0 Å². The molecule has 1 saturated heterocycles. The zero-order chi connectivity index (χ0) is 13.0. The van der Waals surface area contributed by atoms with Crippen LogP contribution in [0.15, 0.2) is 18.2 Å². The third-order valence-electron chi connectivity index (χ3n) is 3.63. The molecular weight excluding hydrogens is 236 g/mol. The van der Waals surface area contributed by atoms with E-state index in [1.807, 2.05) is 0 Å². The highest BCUT2D eigenvalue weighted by Crippen LogP contribution is 2.24. The van der Waals surface area contributed by atoms with Crippen molar-refractivity contribution in [2.24, 2.45) is 0 Å². The molecule has 0 saturated carbocycles. The lowest BCUT2D eigenvalue weighted by Gasteiger charge is -2.32. The highest BCUT2D eigenvalue weighted by atomic mass is 19.2. The van der Waals surface area contributed by atoms with Gasteiger partial charge in [0, 0.05) is 0 Å². The Bertz CT molecular complexity index is 403. The van der Waals surface area contributed by atoms with Crippen LogP contribution in [0.3, 0.4) is 0 Å². The highest BCUT2D eigenvalue weighted by molar-refractivity contribution is 5.17. The molecule has 0 aromatic heterocycles. The Morgan fingerprint density at radius 3 is 2.56 bits per heavy atom. The van der Waals surface area contributed by atoms with Crippen molar-refractivity contribution in [1.29, 1.82) is 0 Å². The van der Waals surface area contributed by atoms with Crippen LogP contribution in [-0.2, 0) is 6.42 Å². The van der Waals surface area contributed by atoms with E-state index in [2.05, 4.69) is 5.32 Å². The third kappa shape index (κ3) is 3.50. The Morgan fingerprint density at radius 1 is 1.17 bits per heavy atom. The fourth-order valence-corrected chi connectivity index (χ4v) is 2.46. The second-order valence-corrected chi connectivity index (χ2v) is 5.08. The van der Waals surface area contributed by atoms with E-state index < -0.39 is 17.2 Å². The van der Waals surface area contributed by atoms with Gasteiger partial charge in [-0.3, -0.25) is 0 Å². The highest BCUT2D eigenvalue weighted by Gasteiger charge is 2.28. The molecule has 1 aliphatic heterocycles. The van der Waals surface area contributed by atoms with E-state index in [-0.39, 0.29) is 0 Å². The van der Waals surface area contributed by atoms with Gasteiger partial charge in [-0.15, -0.1) is 0 Å². The second kappa shape index (κ2) is 5.76. The van der Waals surface area contributed by atoms with Gasteiger partial charge < -0.3 is 10.4 Å². The van der Waals surface area contributed by atoms with Crippen molar-refractivity contribution < 1.29 is 13.9 Å². The number of halogens is 2. The topological polar surface area (TPSA) is 32.3 Å². The summed E-state index contributed by atoms with van der Waals surface area (Å²) in [6.07, 6.45) is 3.72. The Hall–Kier alpha value is -1.00. The Morgan fingerprint density at radius 2 is 1.89 bits per heavy atom. The minimum absolute atomic E-state index is 0.580. The zero-order valence-corrected chi connectivity index (χ0v) is 10.4. The van der Waals surface area contributed by atoms with E-state index in [1.54, 1.807) is 6.07 Å². The van der Waals surface area contributed by atoms with Gasteiger partial charge in [-0.1, -0.05) is 6.07 Å². The lowest BCUT2D eigenvalue weighted by molar-refractivity contribution is 0.000918. The van der Waals surface area contributed by atoms with Crippen molar-refractivity contribution in [3.05, 3.63) is 35.4 Å². The van der Waals surface area contributed by atoms with Gasteiger partial charge in [0.05, 0.1) is 5.60 Å². The molecule has 0 amide bonds. The predicted octanol–water partition coefficient (Wildman–Crippen LogP) is 2.40. The molecule has 18 heavy (non-hydrogen) atoms. The minimum atomic E-state index is -0.810. The number of rotatable bonds is 4. The fraction of sp³-hybridized carbons (Fsp3) is 0.571. The SMILES string of the molecule is OC1(CCCc2ccc(F)c(F)c2)CCNCC1. The standard InChI is InChI=1S/C14H19F2NO/c15-12-4-3-11(10-13(12)16)2-1-5-14(18)6-8-17-9-7-14/h3-4,10,17-18H,1-2,5-9H2. The molecule has 0 unspecified atom stereocenters. The fourth-order valence-electron chi connectivity index (χ4n) is 2.46. The molecule has 1 aliphatic rings. The maximum absolute atomic E-state index is 13.0. The molecule has 1 aromatic rings. The summed E-state index contributed by atoms with van der Waals surface area (Å²) < 4.78 is 25.8. The number of nitrogens with one attached hydrogen (secondary N) is 1. The average Bonchev–Trinajstić information content (AvgIpc) is 2.34. The van der Waals surface area contributed by atoms with Crippen molar-refractivity contribution in [3.8, 4) is 0 Å². The van der Waals surface area contributed by atoms with Crippen LogP contribution < -0.4 is 5.32 Å². The first-order chi connectivity index (χ1) is 8.59. The van der Waals surface area contributed by atoms with Crippen molar-refractivity contribution in [2.45, 2.75) is 37.7 Å². The van der Waals surface area contributed by atoms with Crippen LogP contribution >= 0.6 is 0 Å². The molecule has 0 bridgehead atoms. The van der Waals surface area contributed by atoms with Gasteiger partial charge >= 0.3 is 0 Å². The van der Waals surface area contributed by atoms with Gasteiger partial charge in [-0.2, -0.15) is 0 Å². The first-order valence-electron chi connectivity index (χ1n) is 6.46. The molecule has 0 aliphatic carbocycles. The number of hydrogen-bond donors (Lipinski definition) is 2. The molecule has 100 valence electrons. The zero-order valence-electron chi connectivity index (χ0n) is 10.4.